The predicted octanol–water partition coefficient (Wildman–Crippen LogP) is 5.07. The molecule has 4 rings (SSSR count). The molecule has 0 aliphatic heterocycles. The second-order valence-corrected chi connectivity index (χ2v) is 10.3. The van der Waals surface area contributed by atoms with E-state index in [4.69, 9.17) is 10.5 Å². The number of methoxy groups -OCH3 is 1. The third-order valence-corrected chi connectivity index (χ3v) is 7.16. The van der Waals surface area contributed by atoms with Gasteiger partial charge in [0.15, 0.2) is 0 Å². The molecule has 1 aromatic carbocycles. The fraction of sp³-hybridized carbons (Fsp3) is 0.435. The summed E-state index contributed by atoms with van der Waals surface area (Å²) in [5.41, 5.74) is 8.67. The molecule has 0 bridgehead atoms. The Balaban J connectivity index is 0.000000312. The van der Waals surface area contributed by atoms with E-state index in [1.165, 1.54) is 23.3 Å². The van der Waals surface area contributed by atoms with Crippen molar-refractivity contribution in [3.63, 3.8) is 0 Å². The first-order valence-corrected chi connectivity index (χ1v) is 11.8. The molecule has 0 saturated heterocycles. The maximum Gasteiger partial charge on any atom is 0.209 e. The van der Waals surface area contributed by atoms with E-state index in [0.29, 0.717) is 16.3 Å². The van der Waals surface area contributed by atoms with Gasteiger partial charge in [-0.15, -0.1) is 24.0 Å². The normalized spacial score (nSPS) is 13.1. The summed E-state index contributed by atoms with van der Waals surface area (Å²) >= 11 is 6.19. The number of hydrogen-bond donors (Lipinski definition) is 3. The van der Waals surface area contributed by atoms with Crippen LogP contribution in [-0.4, -0.2) is 41.0 Å². The lowest BCUT2D eigenvalue weighted by Gasteiger charge is -2.27. The van der Waals surface area contributed by atoms with Crippen LogP contribution in [0.2, 0.25) is 0 Å². The molecule has 1 aliphatic carbocycles. The number of thiol groups is 1. The lowest BCUT2D eigenvalue weighted by molar-refractivity contribution is -0.120. The quantitative estimate of drug-likeness (QED) is 0.278. The Kier molecular flexibility index (Phi) is 7.51. The van der Waals surface area contributed by atoms with E-state index >= 15 is 0 Å². The number of benzene rings is 1. The molecule has 7 nitrogen and oxygen atoms in total. The van der Waals surface area contributed by atoms with Crippen molar-refractivity contribution in [3.8, 4) is 5.75 Å². The Morgan fingerprint density at radius 1 is 1.25 bits per heavy atom. The fourth-order valence-electron chi connectivity index (χ4n) is 3.32. The molecular weight excluding hydrogens is 442 g/mol. The summed E-state index contributed by atoms with van der Waals surface area (Å²) in [4.78, 5) is 23.8. The van der Waals surface area contributed by atoms with Gasteiger partial charge in [-0.05, 0) is 58.1 Å². The number of hydrogen-bond acceptors (Lipinski definition) is 8. The third-order valence-electron chi connectivity index (χ3n) is 5.57. The molecule has 0 fully saturated rings. The third kappa shape index (κ3) is 5.27. The maximum atomic E-state index is 10.1. The van der Waals surface area contributed by atoms with Gasteiger partial charge in [0.2, 0.25) is 6.41 Å². The summed E-state index contributed by atoms with van der Waals surface area (Å²) in [5.74, 6) is 1.48. The number of thiophene rings is 1. The minimum absolute atomic E-state index is 0.0260. The van der Waals surface area contributed by atoms with Gasteiger partial charge in [0.25, 0.3) is 0 Å². The first-order valence-electron chi connectivity index (χ1n) is 10.5. The number of carbonyl (C=O) groups excluding carboxylic acids is 1. The standard InChI is InChI=1S/C17H18N4OS2.C6H13NO/c1-22-12-6-10(18)13(23)7-11(12)21-16-15-9-4-2-3-5-14(9)24-17(15)20-8-19-16;1-6(2,3)7(4)5-8/h6-8,23H,2-5,18H2,1H3,(H,19,20,21);5H,1-4H3. The zero-order valence-corrected chi connectivity index (χ0v) is 20.9. The van der Waals surface area contributed by atoms with E-state index in [1.807, 2.05) is 26.8 Å². The van der Waals surface area contributed by atoms with Gasteiger partial charge >= 0.3 is 0 Å². The molecule has 1 aliphatic rings. The van der Waals surface area contributed by atoms with Crippen molar-refractivity contribution in [1.82, 2.24) is 14.9 Å². The van der Waals surface area contributed by atoms with Crippen molar-refractivity contribution in [1.29, 1.82) is 0 Å². The molecule has 0 atom stereocenters. The Hall–Kier alpha value is -2.52. The van der Waals surface area contributed by atoms with Crippen LogP contribution in [0.5, 0.6) is 5.75 Å². The van der Waals surface area contributed by atoms with Crippen molar-refractivity contribution < 1.29 is 9.53 Å². The molecule has 9 heteroatoms. The summed E-state index contributed by atoms with van der Waals surface area (Å²) in [5, 5.41) is 4.53. The van der Waals surface area contributed by atoms with Crippen LogP contribution in [0.3, 0.4) is 0 Å². The van der Waals surface area contributed by atoms with Gasteiger partial charge in [0, 0.05) is 34.1 Å². The van der Waals surface area contributed by atoms with Crippen LogP contribution in [-0.2, 0) is 17.6 Å². The molecule has 0 saturated carbocycles. The number of fused-ring (bicyclic) bond motifs is 3. The Labute approximate surface area is 198 Å². The first kappa shape index (κ1) is 24.1. The summed E-state index contributed by atoms with van der Waals surface area (Å²) in [6.07, 6.45) is 7.15. The molecule has 3 N–H and O–H groups in total. The molecular formula is C23H31N5O2S2. The van der Waals surface area contributed by atoms with Crippen LogP contribution in [0, 0.1) is 0 Å². The fourth-order valence-corrected chi connectivity index (χ4v) is 4.74. The highest BCUT2D eigenvalue weighted by molar-refractivity contribution is 7.80. The van der Waals surface area contributed by atoms with E-state index in [9.17, 15) is 4.79 Å². The van der Waals surface area contributed by atoms with Crippen LogP contribution >= 0.6 is 24.0 Å². The molecule has 0 unspecified atom stereocenters. The summed E-state index contributed by atoms with van der Waals surface area (Å²) in [6, 6.07) is 3.64. The van der Waals surface area contributed by atoms with Gasteiger partial charge in [-0.3, -0.25) is 4.79 Å². The second-order valence-electron chi connectivity index (χ2n) is 8.74. The zero-order chi connectivity index (χ0) is 23.5. The van der Waals surface area contributed by atoms with Gasteiger partial charge in [0.05, 0.1) is 18.2 Å². The number of amides is 1. The van der Waals surface area contributed by atoms with Crippen molar-refractivity contribution >= 4 is 57.8 Å². The van der Waals surface area contributed by atoms with Crippen LogP contribution in [0.25, 0.3) is 10.2 Å². The van der Waals surface area contributed by atoms with Crippen molar-refractivity contribution in [2.45, 2.75) is 56.9 Å². The first-order chi connectivity index (χ1) is 15.2. The number of aryl methyl sites for hydroxylation is 2. The molecule has 0 spiro atoms. The largest absolute Gasteiger partial charge is 0.494 e. The number of carbonyl (C=O) groups is 1. The highest BCUT2D eigenvalue weighted by atomic mass is 32.1. The molecule has 2 heterocycles. The number of nitrogens with zero attached hydrogens (tertiary/aromatic N) is 3. The van der Waals surface area contributed by atoms with Gasteiger partial charge in [0.1, 0.15) is 22.7 Å². The maximum absolute atomic E-state index is 10.1. The number of anilines is 3. The average Bonchev–Trinajstić information content (AvgIpc) is 3.15. The van der Waals surface area contributed by atoms with E-state index in [1.54, 1.807) is 42.8 Å². The molecule has 3 aromatic rings. The molecule has 172 valence electrons. The highest BCUT2D eigenvalue weighted by Crippen LogP contribution is 2.40. The van der Waals surface area contributed by atoms with Gasteiger partial charge < -0.3 is 20.7 Å². The summed E-state index contributed by atoms with van der Waals surface area (Å²) in [6.45, 7) is 5.96. The molecule has 32 heavy (non-hydrogen) atoms. The number of aromatic nitrogens is 2. The SMILES string of the molecule is CN(C=O)C(C)(C)C.COc1cc(N)c(S)cc1Nc1ncnc2sc3c(c12)CCCC3. The van der Waals surface area contributed by atoms with Crippen molar-refractivity contribution in [2.24, 2.45) is 0 Å². The van der Waals surface area contributed by atoms with E-state index < -0.39 is 0 Å². The van der Waals surface area contributed by atoms with Crippen molar-refractivity contribution in [2.75, 3.05) is 25.2 Å². The lowest BCUT2D eigenvalue weighted by atomic mass is 9.97. The minimum Gasteiger partial charge on any atom is -0.494 e. The van der Waals surface area contributed by atoms with Gasteiger partial charge in [-0.25, -0.2) is 9.97 Å². The topological polar surface area (TPSA) is 93.4 Å². The number of ether oxygens (including phenoxy) is 1. The molecule has 0 radical (unpaired) electrons. The smallest absolute Gasteiger partial charge is 0.209 e. The Morgan fingerprint density at radius 3 is 2.59 bits per heavy atom. The van der Waals surface area contributed by atoms with E-state index in [0.717, 1.165) is 41.0 Å². The van der Waals surface area contributed by atoms with Gasteiger partial charge in [-0.1, -0.05) is 0 Å². The average molecular weight is 474 g/mol. The molecule has 2 aromatic heterocycles. The second kappa shape index (κ2) is 9.95. The van der Waals surface area contributed by atoms with Crippen LogP contribution < -0.4 is 15.8 Å². The van der Waals surface area contributed by atoms with Crippen molar-refractivity contribution in [3.05, 3.63) is 28.9 Å². The molecule has 1 amide bonds. The van der Waals surface area contributed by atoms with Crippen LogP contribution in [0.4, 0.5) is 17.2 Å². The minimum atomic E-state index is -0.0260. The zero-order valence-electron chi connectivity index (χ0n) is 19.2. The Morgan fingerprint density at radius 2 is 1.97 bits per heavy atom. The summed E-state index contributed by atoms with van der Waals surface area (Å²) < 4.78 is 5.44. The number of nitrogens with one attached hydrogen (secondary N) is 1. The lowest BCUT2D eigenvalue weighted by Crippen LogP contribution is -2.36. The van der Waals surface area contributed by atoms with Crippen LogP contribution in [0.1, 0.15) is 44.1 Å². The Bertz CT molecular complexity index is 1110. The highest BCUT2D eigenvalue weighted by Gasteiger charge is 2.20. The number of rotatable bonds is 4. The number of nitrogen functional groups attached to an aromatic ring is 1. The van der Waals surface area contributed by atoms with Gasteiger partial charge in [-0.2, -0.15) is 0 Å². The monoisotopic (exact) mass is 473 g/mol. The summed E-state index contributed by atoms with van der Waals surface area (Å²) in [7, 11) is 3.40. The van der Waals surface area contributed by atoms with E-state index in [2.05, 4.69) is 27.9 Å². The van der Waals surface area contributed by atoms with Crippen LogP contribution in [0.15, 0.2) is 23.4 Å². The van der Waals surface area contributed by atoms with E-state index in [-0.39, 0.29) is 5.54 Å². The predicted molar refractivity (Wildman–Crippen MR) is 136 cm³/mol. The number of nitrogens with two attached hydrogens (primary N) is 1.